The Morgan fingerprint density at radius 2 is 2.33 bits per heavy atom. The average Bonchev–Trinajstić information content (AvgIpc) is 2.45. The molecular weight excluding hydrogens is 195 g/mol. The molecule has 2 unspecified atom stereocenters. The van der Waals surface area contributed by atoms with Crippen molar-refractivity contribution in [3.05, 3.63) is 11.6 Å². The zero-order valence-electron chi connectivity index (χ0n) is 6.81. The molecular formula is C9H10Cl2O. The third-order valence-electron chi connectivity index (χ3n) is 2.87. The highest BCUT2D eigenvalue weighted by molar-refractivity contribution is 6.61. The molecule has 12 heavy (non-hydrogen) atoms. The van der Waals surface area contributed by atoms with Crippen LogP contribution in [0.15, 0.2) is 11.6 Å². The number of alkyl halides is 2. The summed E-state index contributed by atoms with van der Waals surface area (Å²) in [5.74, 6) is 0.189. The number of hydrogen-bond donors (Lipinski definition) is 0. The first-order valence-corrected chi connectivity index (χ1v) is 4.94. The van der Waals surface area contributed by atoms with Crippen LogP contribution in [-0.4, -0.2) is 10.1 Å². The Hall–Kier alpha value is -0.0100. The van der Waals surface area contributed by atoms with Crippen LogP contribution in [0.1, 0.15) is 19.8 Å². The third-order valence-corrected chi connectivity index (χ3v) is 3.75. The van der Waals surface area contributed by atoms with Crippen LogP contribution >= 0.6 is 23.2 Å². The van der Waals surface area contributed by atoms with E-state index < -0.39 is 4.33 Å². The summed E-state index contributed by atoms with van der Waals surface area (Å²) in [4.78, 5) is 11.3. The Kier molecular flexibility index (Phi) is 1.78. The van der Waals surface area contributed by atoms with Gasteiger partial charge in [0.05, 0.1) is 0 Å². The van der Waals surface area contributed by atoms with Crippen molar-refractivity contribution in [2.45, 2.75) is 24.1 Å². The van der Waals surface area contributed by atoms with Crippen molar-refractivity contribution in [3.8, 4) is 0 Å². The summed E-state index contributed by atoms with van der Waals surface area (Å²) in [6, 6.07) is 0. The Morgan fingerprint density at radius 1 is 1.67 bits per heavy atom. The molecule has 0 aromatic carbocycles. The number of fused-ring (bicyclic) bond motifs is 1. The van der Waals surface area contributed by atoms with E-state index in [0.29, 0.717) is 0 Å². The minimum absolute atomic E-state index is 0.00975. The summed E-state index contributed by atoms with van der Waals surface area (Å²) in [6.45, 7) is 2.09. The van der Waals surface area contributed by atoms with Crippen LogP contribution < -0.4 is 0 Å². The maximum atomic E-state index is 11.3. The van der Waals surface area contributed by atoms with Gasteiger partial charge < -0.3 is 0 Å². The largest absolute Gasteiger partial charge is 0.296 e. The van der Waals surface area contributed by atoms with E-state index in [-0.39, 0.29) is 17.6 Å². The molecule has 2 rings (SSSR count). The SMILES string of the molecule is CCC1=CC2C(C1)C(=O)C2(Cl)Cl. The van der Waals surface area contributed by atoms with Crippen molar-refractivity contribution in [3.63, 3.8) is 0 Å². The zero-order valence-corrected chi connectivity index (χ0v) is 8.32. The first-order valence-electron chi connectivity index (χ1n) is 4.19. The molecule has 0 aromatic heterocycles. The second-order valence-electron chi connectivity index (χ2n) is 3.50. The fourth-order valence-corrected chi connectivity index (χ4v) is 2.75. The molecule has 0 amide bonds. The van der Waals surface area contributed by atoms with Gasteiger partial charge in [-0.1, -0.05) is 41.8 Å². The monoisotopic (exact) mass is 204 g/mol. The minimum Gasteiger partial charge on any atom is -0.296 e. The highest BCUT2D eigenvalue weighted by Crippen LogP contribution is 2.55. The van der Waals surface area contributed by atoms with Gasteiger partial charge in [-0.15, -0.1) is 0 Å². The molecule has 1 nitrogen and oxygen atoms in total. The number of Topliss-reactive ketones (excluding diaryl/α,β-unsaturated/α-hetero) is 1. The summed E-state index contributed by atoms with van der Waals surface area (Å²) >= 11 is 11.7. The van der Waals surface area contributed by atoms with Crippen LogP contribution in [-0.2, 0) is 4.79 Å². The number of rotatable bonds is 1. The fourth-order valence-electron chi connectivity index (χ4n) is 2.04. The molecule has 0 aromatic rings. The van der Waals surface area contributed by atoms with Crippen LogP contribution in [0.2, 0.25) is 0 Å². The standard InChI is InChI=1S/C9H10Cl2O/c1-2-5-3-6-7(4-5)9(10,11)8(6)12/h4,6-7H,2-3H2,1H3. The lowest BCUT2D eigenvalue weighted by molar-refractivity contribution is -0.132. The summed E-state index contributed by atoms with van der Waals surface area (Å²) in [5.41, 5.74) is 1.32. The van der Waals surface area contributed by atoms with Crippen molar-refractivity contribution >= 4 is 29.0 Å². The molecule has 0 saturated heterocycles. The third kappa shape index (κ3) is 0.898. The molecule has 2 aliphatic rings. The van der Waals surface area contributed by atoms with Gasteiger partial charge in [0.25, 0.3) is 0 Å². The molecule has 1 saturated carbocycles. The number of allylic oxidation sites excluding steroid dienone is 2. The van der Waals surface area contributed by atoms with E-state index in [1.807, 2.05) is 0 Å². The summed E-state index contributed by atoms with van der Waals surface area (Å²) in [7, 11) is 0. The highest BCUT2D eigenvalue weighted by atomic mass is 35.5. The Labute approximate surface area is 81.7 Å². The number of carbonyl (C=O) groups is 1. The van der Waals surface area contributed by atoms with E-state index in [2.05, 4.69) is 13.0 Å². The smallest absolute Gasteiger partial charge is 0.183 e. The second-order valence-corrected chi connectivity index (χ2v) is 4.89. The van der Waals surface area contributed by atoms with Gasteiger partial charge >= 0.3 is 0 Å². The maximum Gasteiger partial charge on any atom is 0.183 e. The van der Waals surface area contributed by atoms with E-state index in [9.17, 15) is 4.79 Å². The number of halogens is 2. The maximum absolute atomic E-state index is 11.3. The van der Waals surface area contributed by atoms with Gasteiger partial charge in [0.2, 0.25) is 0 Å². The average molecular weight is 205 g/mol. The number of carbonyl (C=O) groups excluding carboxylic acids is 1. The first kappa shape index (κ1) is 8.58. The van der Waals surface area contributed by atoms with E-state index >= 15 is 0 Å². The predicted octanol–water partition coefficient (Wildman–Crippen LogP) is 2.72. The van der Waals surface area contributed by atoms with Gasteiger partial charge in [-0.3, -0.25) is 4.79 Å². The lowest BCUT2D eigenvalue weighted by Gasteiger charge is -2.40. The van der Waals surface area contributed by atoms with Crippen LogP contribution in [0, 0.1) is 11.8 Å². The highest BCUT2D eigenvalue weighted by Gasteiger charge is 2.61. The van der Waals surface area contributed by atoms with Crippen LogP contribution in [0.3, 0.4) is 0 Å². The van der Waals surface area contributed by atoms with Crippen LogP contribution in [0.25, 0.3) is 0 Å². The predicted molar refractivity (Wildman–Crippen MR) is 49.4 cm³/mol. The van der Waals surface area contributed by atoms with Crippen molar-refractivity contribution < 1.29 is 4.79 Å². The first-order chi connectivity index (χ1) is 5.57. The molecule has 0 radical (unpaired) electrons. The van der Waals surface area contributed by atoms with Crippen molar-refractivity contribution in [2.75, 3.05) is 0 Å². The molecule has 2 aliphatic carbocycles. The van der Waals surface area contributed by atoms with Crippen molar-refractivity contribution in [1.29, 1.82) is 0 Å². The van der Waals surface area contributed by atoms with Gasteiger partial charge in [-0.25, -0.2) is 0 Å². The summed E-state index contributed by atoms with van der Waals surface area (Å²) in [5, 5.41) is 0. The topological polar surface area (TPSA) is 17.1 Å². The number of hydrogen-bond acceptors (Lipinski definition) is 1. The lowest BCUT2D eigenvalue weighted by Crippen LogP contribution is -2.53. The van der Waals surface area contributed by atoms with E-state index in [4.69, 9.17) is 23.2 Å². The van der Waals surface area contributed by atoms with Crippen molar-refractivity contribution in [2.24, 2.45) is 11.8 Å². The normalized spacial score (nSPS) is 37.2. The van der Waals surface area contributed by atoms with Gasteiger partial charge in [0.15, 0.2) is 10.1 Å². The van der Waals surface area contributed by atoms with Crippen molar-refractivity contribution in [1.82, 2.24) is 0 Å². The van der Waals surface area contributed by atoms with E-state index in [1.165, 1.54) is 5.57 Å². The molecule has 0 heterocycles. The lowest BCUT2D eigenvalue weighted by atomic mass is 9.73. The quantitative estimate of drug-likeness (QED) is 0.475. The molecule has 3 heteroatoms. The number of ketones is 1. The van der Waals surface area contributed by atoms with Gasteiger partial charge in [0, 0.05) is 11.8 Å². The Morgan fingerprint density at radius 3 is 2.83 bits per heavy atom. The van der Waals surface area contributed by atoms with E-state index in [0.717, 1.165) is 12.8 Å². The molecule has 0 N–H and O–H groups in total. The molecule has 0 aliphatic heterocycles. The Bertz CT molecular complexity index is 268. The molecule has 2 atom stereocenters. The minimum atomic E-state index is -1.11. The summed E-state index contributed by atoms with van der Waals surface area (Å²) in [6.07, 6.45) is 3.96. The van der Waals surface area contributed by atoms with Crippen LogP contribution in [0.5, 0.6) is 0 Å². The summed E-state index contributed by atoms with van der Waals surface area (Å²) < 4.78 is -1.11. The van der Waals surface area contributed by atoms with Crippen LogP contribution in [0.4, 0.5) is 0 Å². The molecule has 1 fully saturated rings. The zero-order chi connectivity index (χ0) is 8.93. The Balaban J connectivity index is 2.22. The molecule has 0 bridgehead atoms. The second kappa shape index (κ2) is 2.49. The van der Waals surface area contributed by atoms with Gasteiger partial charge in [0.1, 0.15) is 0 Å². The van der Waals surface area contributed by atoms with Gasteiger partial charge in [-0.2, -0.15) is 0 Å². The molecule has 0 spiro atoms. The van der Waals surface area contributed by atoms with E-state index in [1.54, 1.807) is 0 Å². The fraction of sp³-hybridized carbons (Fsp3) is 0.667. The molecule has 66 valence electrons. The van der Waals surface area contributed by atoms with Gasteiger partial charge in [-0.05, 0) is 12.8 Å².